The van der Waals surface area contributed by atoms with Gasteiger partial charge in [0.2, 0.25) is 0 Å². The van der Waals surface area contributed by atoms with Crippen molar-refractivity contribution in [1.82, 2.24) is 24.9 Å². The van der Waals surface area contributed by atoms with E-state index in [-0.39, 0.29) is 33.0 Å². The minimum atomic E-state index is -1.89. The highest BCUT2D eigenvalue weighted by Gasteiger charge is 2.50. The fourth-order valence-corrected chi connectivity index (χ4v) is 6.97. The van der Waals surface area contributed by atoms with Gasteiger partial charge in [0.15, 0.2) is 14.1 Å². The summed E-state index contributed by atoms with van der Waals surface area (Å²) in [6.07, 6.45) is 8.29. The first kappa shape index (κ1) is 26.7. The van der Waals surface area contributed by atoms with Crippen LogP contribution in [0.5, 0.6) is 0 Å². The molecule has 38 heavy (non-hydrogen) atoms. The summed E-state index contributed by atoms with van der Waals surface area (Å²) in [4.78, 5) is 8.66. The smallest absolute Gasteiger partial charge is 0.192 e. The van der Waals surface area contributed by atoms with Gasteiger partial charge in [0.25, 0.3) is 0 Å². The highest BCUT2D eigenvalue weighted by molar-refractivity contribution is 6.74. The quantitative estimate of drug-likeness (QED) is 0.226. The van der Waals surface area contributed by atoms with Gasteiger partial charge in [0.1, 0.15) is 11.5 Å². The van der Waals surface area contributed by atoms with Crippen LogP contribution in [-0.2, 0) is 4.43 Å². The summed E-state index contributed by atoms with van der Waals surface area (Å²) in [5, 5.41) is 9.37. The third kappa shape index (κ3) is 4.61. The molecule has 4 aromatic rings. The normalized spacial score (nSPS) is 20.0. The molecule has 0 amide bonds. The number of hydrogen-bond donors (Lipinski definition) is 0. The molecule has 1 aliphatic rings. The Morgan fingerprint density at radius 3 is 2.53 bits per heavy atom. The third-order valence-electron chi connectivity index (χ3n) is 7.99. The lowest BCUT2D eigenvalue weighted by Crippen LogP contribution is -2.54. The Hall–Kier alpha value is -2.88. The molecule has 7 nitrogen and oxygen atoms in total. The van der Waals surface area contributed by atoms with Gasteiger partial charge in [-0.25, -0.2) is 4.39 Å². The molecule has 3 aromatic heterocycles. The standard InChI is InChI=1S/C28H33ClFN5O2Si/c1-17-19(15-33-35(17)18-13-28(5,14-18)37-38(6,7)27(2,3)4)26-24(22-16-31-11-12-32-22)25(34-36-26)23-20(29)9-8-10-21(23)30/h8-12,15-16,18H,13-14H2,1-7H3. The van der Waals surface area contributed by atoms with Crippen LogP contribution in [0, 0.1) is 12.7 Å². The van der Waals surface area contributed by atoms with Gasteiger partial charge in [0.05, 0.1) is 51.4 Å². The van der Waals surface area contributed by atoms with E-state index in [4.69, 9.17) is 25.6 Å². The van der Waals surface area contributed by atoms with Crippen molar-refractivity contribution < 1.29 is 13.3 Å². The van der Waals surface area contributed by atoms with Gasteiger partial charge in [0, 0.05) is 18.1 Å². The Morgan fingerprint density at radius 1 is 1.16 bits per heavy atom. The Morgan fingerprint density at radius 2 is 1.89 bits per heavy atom. The van der Waals surface area contributed by atoms with Crippen LogP contribution in [0.2, 0.25) is 23.2 Å². The molecule has 10 heteroatoms. The fraction of sp³-hybridized carbons (Fsp3) is 0.429. The van der Waals surface area contributed by atoms with Gasteiger partial charge in [-0.05, 0) is 57.0 Å². The Labute approximate surface area is 228 Å². The van der Waals surface area contributed by atoms with Gasteiger partial charge in [-0.15, -0.1) is 0 Å². The number of halogens is 2. The highest BCUT2D eigenvalue weighted by atomic mass is 35.5. The molecule has 0 N–H and O–H groups in total. The van der Waals surface area contributed by atoms with Crippen molar-refractivity contribution in [2.75, 3.05) is 0 Å². The van der Waals surface area contributed by atoms with E-state index in [9.17, 15) is 4.39 Å². The predicted molar refractivity (Wildman–Crippen MR) is 149 cm³/mol. The van der Waals surface area contributed by atoms with Crippen molar-refractivity contribution in [1.29, 1.82) is 0 Å². The molecule has 1 aromatic carbocycles. The zero-order chi connectivity index (χ0) is 27.5. The van der Waals surface area contributed by atoms with Gasteiger partial charge in [-0.3, -0.25) is 14.6 Å². The zero-order valence-electron chi connectivity index (χ0n) is 22.8. The van der Waals surface area contributed by atoms with E-state index in [2.05, 4.69) is 55.9 Å². The maximum atomic E-state index is 14.9. The number of nitrogens with zero attached hydrogens (tertiary/aromatic N) is 5. The van der Waals surface area contributed by atoms with E-state index in [1.54, 1.807) is 36.9 Å². The first-order chi connectivity index (χ1) is 17.8. The summed E-state index contributed by atoms with van der Waals surface area (Å²) in [7, 11) is -1.89. The third-order valence-corrected chi connectivity index (χ3v) is 12.9. The maximum Gasteiger partial charge on any atom is 0.192 e. The number of aromatic nitrogens is 5. The molecule has 1 saturated carbocycles. The second-order valence-corrected chi connectivity index (χ2v) is 17.0. The van der Waals surface area contributed by atoms with Crippen LogP contribution in [0.4, 0.5) is 4.39 Å². The molecule has 0 unspecified atom stereocenters. The number of hydrogen-bond acceptors (Lipinski definition) is 6. The second kappa shape index (κ2) is 9.39. The van der Waals surface area contributed by atoms with Crippen molar-refractivity contribution in [2.45, 2.75) is 77.2 Å². The molecule has 200 valence electrons. The number of rotatable bonds is 6. The van der Waals surface area contributed by atoms with Crippen LogP contribution >= 0.6 is 11.6 Å². The summed E-state index contributed by atoms with van der Waals surface area (Å²) in [6.45, 7) is 15.6. The summed E-state index contributed by atoms with van der Waals surface area (Å²) >= 11 is 6.40. The minimum absolute atomic E-state index is 0.151. The van der Waals surface area contributed by atoms with Crippen molar-refractivity contribution in [3.8, 4) is 33.8 Å². The highest BCUT2D eigenvalue weighted by Crippen LogP contribution is 2.50. The largest absolute Gasteiger partial charge is 0.411 e. The van der Waals surface area contributed by atoms with Crippen LogP contribution in [0.1, 0.15) is 52.3 Å². The zero-order valence-corrected chi connectivity index (χ0v) is 24.6. The van der Waals surface area contributed by atoms with Crippen LogP contribution in [0.3, 0.4) is 0 Å². The molecule has 3 heterocycles. The van der Waals surface area contributed by atoms with E-state index in [1.807, 2.05) is 11.6 Å². The van der Waals surface area contributed by atoms with Crippen LogP contribution < -0.4 is 0 Å². The Kier molecular flexibility index (Phi) is 6.60. The molecule has 0 bridgehead atoms. The first-order valence-electron chi connectivity index (χ1n) is 12.8. The molecule has 0 saturated heterocycles. The van der Waals surface area contributed by atoms with E-state index < -0.39 is 14.1 Å². The average molecular weight is 554 g/mol. The topological polar surface area (TPSA) is 78.9 Å². The van der Waals surface area contributed by atoms with Crippen molar-refractivity contribution in [3.05, 3.63) is 59.5 Å². The van der Waals surface area contributed by atoms with Gasteiger partial charge < -0.3 is 8.95 Å². The second-order valence-electron chi connectivity index (χ2n) is 11.9. The molecular formula is C28H33ClFN5O2Si. The maximum absolute atomic E-state index is 14.9. The lowest BCUT2D eigenvalue weighted by atomic mass is 9.77. The molecule has 0 atom stereocenters. The van der Waals surface area contributed by atoms with E-state index in [0.29, 0.717) is 17.0 Å². The van der Waals surface area contributed by atoms with Gasteiger partial charge in [-0.2, -0.15) is 5.10 Å². The van der Waals surface area contributed by atoms with E-state index in [0.717, 1.165) is 24.1 Å². The molecule has 0 radical (unpaired) electrons. The lowest BCUT2D eigenvalue weighted by molar-refractivity contribution is -0.0429. The lowest BCUT2D eigenvalue weighted by Gasteiger charge is -2.52. The molecule has 1 fully saturated rings. The molecule has 0 aliphatic heterocycles. The molecule has 5 rings (SSSR count). The molecular weight excluding hydrogens is 521 g/mol. The Balaban J connectivity index is 1.50. The summed E-state index contributed by atoms with van der Waals surface area (Å²) in [5.41, 5.74) is 2.98. The van der Waals surface area contributed by atoms with Crippen LogP contribution in [0.25, 0.3) is 33.8 Å². The van der Waals surface area contributed by atoms with Crippen molar-refractivity contribution >= 4 is 19.9 Å². The average Bonchev–Trinajstić information content (AvgIpc) is 3.40. The number of benzene rings is 1. The summed E-state index contributed by atoms with van der Waals surface area (Å²) in [5.74, 6) is -0.0476. The SMILES string of the molecule is Cc1c(-c2onc(-c3c(F)cccc3Cl)c2-c2cnccn2)cnn1C1CC(C)(O[Si](C)(C)C(C)(C)C)C1. The van der Waals surface area contributed by atoms with Crippen LogP contribution in [0.15, 0.2) is 47.5 Å². The van der Waals surface area contributed by atoms with Crippen LogP contribution in [-0.4, -0.2) is 38.8 Å². The van der Waals surface area contributed by atoms with Crippen molar-refractivity contribution in [2.24, 2.45) is 0 Å². The van der Waals surface area contributed by atoms with Crippen molar-refractivity contribution in [3.63, 3.8) is 0 Å². The summed E-state index contributed by atoms with van der Waals surface area (Å²) < 4.78 is 29.6. The van der Waals surface area contributed by atoms with Gasteiger partial charge >= 0.3 is 0 Å². The molecule has 1 aliphatic carbocycles. The van der Waals surface area contributed by atoms with E-state index >= 15 is 0 Å². The van der Waals surface area contributed by atoms with Gasteiger partial charge in [-0.1, -0.05) is 43.6 Å². The monoisotopic (exact) mass is 553 g/mol. The first-order valence-corrected chi connectivity index (χ1v) is 16.0. The summed E-state index contributed by atoms with van der Waals surface area (Å²) in [6, 6.07) is 4.73. The predicted octanol–water partition coefficient (Wildman–Crippen LogP) is 7.88. The molecule has 0 spiro atoms. The minimum Gasteiger partial charge on any atom is -0.411 e. The van der Waals surface area contributed by atoms with E-state index in [1.165, 1.54) is 6.07 Å². The Bertz CT molecular complexity index is 1450. The fourth-order valence-electron chi connectivity index (χ4n) is 5.01.